The van der Waals surface area contributed by atoms with Crippen LogP contribution in [0.1, 0.15) is 10.4 Å². The molecule has 0 bridgehead atoms. The van der Waals surface area contributed by atoms with Crippen LogP contribution in [0.2, 0.25) is 0 Å². The predicted octanol–water partition coefficient (Wildman–Crippen LogP) is 3.55. The molecule has 3 N–H and O–H groups in total. The van der Waals surface area contributed by atoms with Crippen LogP contribution in [0.5, 0.6) is 0 Å². The molecule has 1 amide bonds. The van der Waals surface area contributed by atoms with Gasteiger partial charge in [0, 0.05) is 34.1 Å². The van der Waals surface area contributed by atoms with Crippen LogP contribution in [-0.2, 0) is 10.8 Å². The van der Waals surface area contributed by atoms with Gasteiger partial charge < -0.3 is 11.1 Å². The Labute approximate surface area is 175 Å². The van der Waals surface area contributed by atoms with Crippen molar-refractivity contribution in [2.45, 2.75) is 9.92 Å². The van der Waals surface area contributed by atoms with Gasteiger partial charge in [0.15, 0.2) is 0 Å². The number of nitrogens with two attached hydrogens (primary N) is 1. The van der Waals surface area contributed by atoms with Gasteiger partial charge in [-0.25, -0.2) is 19.2 Å². The largest absolute Gasteiger partial charge is 0.366 e. The monoisotopic (exact) mass is 415 g/mol. The average Bonchev–Trinajstić information content (AvgIpc) is 2.80. The number of pyridine rings is 1. The maximum absolute atomic E-state index is 12.6. The normalized spacial score (nSPS) is 11.6. The molecule has 0 aliphatic carbocycles. The highest BCUT2D eigenvalue weighted by molar-refractivity contribution is 7.85. The molecular formula is C22H17N5O2S. The second-order valence-corrected chi connectivity index (χ2v) is 7.72. The van der Waals surface area contributed by atoms with Gasteiger partial charge in [-0.05, 0) is 54.6 Å². The Morgan fingerprint density at radius 3 is 2.30 bits per heavy atom. The molecule has 0 fully saturated rings. The number of benzene rings is 2. The highest BCUT2D eigenvalue weighted by Crippen LogP contribution is 2.22. The van der Waals surface area contributed by atoms with Gasteiger partial charge in [-0.2, -0.15) is 0 Å². The summed E-state index contributed by atoms with van der Waals surface area (Å²) in [6, 6.07) is 21.2. The molecule has 2 aromatic carbocycles. The predicted molar refractivity (Wildman–Crippen MR) is 115 cm³/mol. The molecule has 2 heterocycles. The van der Waals surface area contributed by atoms with E-state index >= 15 is 0 Å². The molecule has 0 saturated heterocycles. The van der Waals surface area contributed by atoms with Gasteiger partial charge in [0.1, 0.15) is 15.8 Å². The maximum atomic E-state index is 12.6. The summed E-state index contributed by atoms with van der Waals surface area (Å²) in [6.45, 7) is 0. The van der Waals surface area contributed by atoms with Crippen molar-refractivity contribution < 1.29 is 9.00 Å². The van der Waals surface area contributed by atoms with Crippen molar-refractivity contribution in [1.29, 1.82) is 0 Å². The molecule has 1 atom stereocenters. The summed E-state index contributed by atoms with van der Waals surface area (Å²) in [6.07, 6.45) is 3.28. The minimum absolute atomic E-state index is 0.417. The van der Waals surface area contributed by atoms with E-state index in [-0.39, 0.29) is 0 Å². The number of rotatable bonds is 6. The van der Waals surface area contributed by atoms with Gasteiger partial charge >= 0.3 is 0 Å². The number of nitrogens with one attached hydrogen (secondary N) is 1. The molecule has 0 aliphatic rings. The standard InChI is InChI=1S/C22H17N5O2S/c23-21(28)16-4-8-17(9-5-16)26-22-25-14-12-19(27-22)15-6-10-18(11-7-15)30(29)20-3-1-2-13-24-20/h1-14H,(H2,23,28)(H,25,26,27). The SMILES string of the molecule is NC(=O)c1ccc(Nc2nccc(-c3ccc(S(=O)c4ccccn4)cc3)n2)cc1. The number of anilines is 2. The zero-order valence-electron chi connectivity index (χ0n) is 15.7. The number of amides is 1. The summed E-state index contributed by atoms with van der Waals surface area (Å²) in [5.41, 5.74) is 8.01. The molecule has 0 spiro atoms. The van der Waals surface area contributed by atoms with Gasteiger partial charge in [0.2, 0.25) is 11.9 Å². The van der Waals surface area contributed by atoms with Gasteiger partial charge in [-0.1, -0.05) is 18.2 Å². The smallest absolute Gasteiger partial charge is 0.248 e. The van der Waals surface area contributed by atoms with E-state index in [0.717, 1.165) is 16.9 Å². The lowest BCUT2D eigenvalue weighted by Crippen LogP contribution is -2.10. The molecule has 2 aromatic heterocycles. The zero-order valence-corrected chi connectivity index (χ0v) is 16.5. The Morgan fingerprint density at radius 1 is 0.867 bits per heavy atom. The maximum Gasteiger partial charge on any atom is 0.248 e. The first-order valence-corrected chi connectivity index (χ1v) is 10.2. The van der Waals surface area contributed by atoms with Crippen LogP contribution in [0.15, 0.2) is 95.1 Å². The van der Waals surface area contributed by atoms with Crippen LogP contribution in [-0.4, -0.2) is 25.1 Å². The second-order valence-electron chi connectivity index (χ2n) is 6.29. The number of carbonyl (C=O) groups excluding carboxylic acids is 1. The summed E-state index contributed by atoms with van der Waals surface area (Å²) in [5, 5.41) is 3.62. The molecule has 0 saturated carbocycles. The van der Waals surface area contributed by atoms with Crippen molar-refractivity contribution in [1.82, 2.24) is 15.0 Å². The van der Waals surface area contributed by atoms with Crippen LogP contribution < -0.4 is 11.1 Å². The van der Waals surface area contributed by atoms with E-state index in [1.54, 1.807) is 67.0 Å². The van der Waals surface area contributed by atoms with Crippen molar-refractivity contribution in [3.8, 4) is 11.3 Å². The van der Waals surface area contributed by atoms with E-state index in [0.29, 0.717) is 21.4 Å². The van der Waals surface area contributed by atoms with Crippen LogP contribution in [0.25, 0.3) is 11.3 Å². The van der Waals surface area contributed by atoms with Gasteiger partial charge in [0.25, 0.3) is 0 Å². The molecule has 0 radical (unpaired) electrons. The van der Waals surface area contributed by atoms with Gasteiger partial charge in [-0.15, -0.1) is 0 Å². The van der Waals surface area contributed by atoms with Crippen LogP contribution in [0.4, 0.5) is 11.6 Å². The Kier molecular flexibility index (Phi) is 5.58. The van der Waals surface area contributed by atoms with Crippen LogP contribution in [0, 0.1) is 0 Å². The lowest BCUT2D eigenvalue weighted by atomic mass is 10.1. The number of aromatic nitrogens is 3. The average molecular weight is 415 g/mol. The van der Waals surface area contributed by atoms with E-state index in [4.69, 9.17) is 5.73 Å². The Hall–Kier alpha value is -3.91. The molecule has 1 unspecified atom stereocenters. The van der Waals surface area contributed by atoms with E-state index < -0.39 is 16.7 Å². The summed E-state index contributed by atoms with van der Waals surface area (Å²) in [4.78, 5) is 24.7. The Morgan fingerprint density at radius 2 is 1.63 bits per heavy atom. The minimum atomic E-state index is -1.34. The topological polar surface area (TPSA) is 111 Å². The summed E-state index contributed by atoms with van der Waals surface area (Å²) >= 11 is 0. The lowest BCUT2D eigenvalue weighted by molar-refractivity contribution is 0.100. The number of primary amides is 1. The van der Waals surface area contributed by atoms with E-state index in [2.05, 4.69) is 20.3 Å². The van der Waals surface area contributed by atoms with Gasteiger partial charge in [0.05, 0.1) is 5.69 Å². The first-order chi connectivity index (χ1) is 14.6. The van der Waals surface area contributed by atoms with Crippen molar-refractivity contribution in [3.05, 3.63) is 90.8 Å². The Bertz CT molecular complexity index is 1200. The van der Waals surface area contributed by atoms with Crippen LogP contribution >= 0.6 is 0 Å². The summed E-state index contributed by atoms with van der Waals surface area (Å²) in [7, 11) is -1.34. The number of hydrogen-bond donors (Lipinski definition) is 2. The quantitative estimate of drug-likeness (QED) is 0.498. The highest BCUT2D eigenvalue weighted by atomic mass is 32.2. The number of carbonyl (C=O) groups is 1. The lowest BCUT2D eigenvalue weighted by Gasteiger charge is -2.08. The highest BCUT2D eigenvalue weighted by Gasteiger charge is 2.09. The molecule has 148 valence electrons. The molecule has 0 aliphatic heterocycles. The number of hydrogen-bond acceptors (Lipinski definition) is 6. The summed E-state index contributed by atoms with van der Waals surface area (Å²) < 4.78 is 12.6. The molecule has 7 nitrogen and oxygen atoms in total. The molecule has 4 rings (SSSR count). The van der Waals surface area contributed by atoms with Crippen LogP contribution in [0.3, 0.4) is 0 Å². The van der Waals surface area contributed by atoms with Crippen molar-refractivity contribution in [3.63, 3.8) is 0 Å². The fraction of sp³-hybridized carbons (Fsp3) is 0. The van der Waals surface area contributed by atoms with Crippen molar-refractivity contribution in [2.24, 2.45) is 5.73 Å². The summed E-state index contributed by atoms with van der Waals surface area (Å²) in [5.74, 6) is -0.0623. The van der Waals surface area contributed by atoms with E-state index in [1.165, 1.54) is 0 Å². The molecular weight excluding hydrogens is 398 g/mol. The molecule has 8 heteroatoms. The van der Waals surface area contributed by atoms with Crippen molar-refractivity contribution in [2.75, 3.05) is 5.32 Å². The molecule has 4 aromatic rings. The van der Waals surface area contributed by atoms with Crippen molar-refractivity contribution >= 4 is 28.3 Å². The number of nitrogens with zero attached hydrogens (tertiary/aromatic N) is 3. The third kappa shape index (κ3) is 4.39. The van der Waals surface area contributed by atoms with E-state index in [1.807, 2.05) is 18.2 Å². The van der Waals surface area contributed by atoms with Gasteiger partial charge in [-0.3, -0.25) is 4.79 Å². The fourth-order valence-corrected chi connectivity index (χ4v) is 3.74. The first kappa shape index (κ1) is 19.4. The second kappa shape index (κ2) is 8.62. The zero-order chi connectivity index (χ0) is 20.9. The third-order valence-electron chi connectivity index (χ3n) is 4.27. The Balaban J connectivity index is 1.52. The third-order valence-corrected chi connectivity index (χ3v) is 5.59. The van der Waals surface area contributed by atoms with E-state index in [9.17, 15) is 9.00 Å². The fourth-order valence-electron chi connectivity index (χ4n) is 2.75. The molecule has 30 heavy (non-hydrogen) atoms. The first-order valence-electron chi connectivity index (χ1n) is 9.03. The minimum Gasteiger partial charge on any atom is -0.366 e.